The fraction of sp³-hybridized carbons (Fsp3) is 0.593. The Kier molecular flexibility index (Phi) is 7.50. The van der Waals surface area contributed by atoms with Gasteiger partial charge in [0, 0.05) is 44.0 Å². The Morgan fingerprint density at radius 1 is 1.11 bits per heavy atom. The second kappa shape index (κ2) is 10.7. The highest BCUT2D eigenvalue weighted by Gasteiger charge is 2.49. The number of carbonyl (C=O) groups is 1. The maximum absolute atomic E-state index is 14.3. The molecule has 2 atom stereocenters. The monoisotopic (exact) mass is 532 g/mol. The van der Waals surface area contributed by atoms with Gasteiger partial charge in [-0.2, -0.15) is 13.2 Å². The first-order valence-electron chi connectivity index (χ1n) is 13.2. The Bertz CT molecular complexity index is 1120. The molecule has 0 saturated carbocycles. The molecule has 1 N–H and O–H groups in total. The summed E-state index contributed by atoms with van der Waals surface area (Å²) in [6.07, 6.45) is -0.278. The van der Waals surface area contributed by atoms with Gasteiger partial charge in [-0.05, 0) is 56.8 Å². The third-order valence-corrected chi connectivity index (χ3v) is 8.33. The topological polar surface area (TPSA) is 73.8 Å². The van der Waals surface area contributed by atoms with Crippen molar-refractivity contribution in [2.75, 3.05) is 51.3 Å². The molecule has 2 amide bonds. The molecule has 4 saturated heterocycles. The smallest absolute Gasteiger partial charge is 0.380 e. The van der Waals surface area contributed by atoms with Crippen LogP contribution in [0.25, 0.3) is 11.3 Å². The lowest BCUT2D eigenvalue weighted by Crippen LogP contribution is -2.64. The van der Waals surface area contributed by atoms with Crippen molar-refractivity contribution in [3.8, 4) is 11.3 Å². The number of hydrogen-bond acceptors (Lipinski definition) is 6. The molecule has 4 fully saturated rings. The number of anilines is 1. The Balaban J connectivity index is 1.31. The summed E-state index contributed by atoms with van der Waals surface area (Å²) >= 11 is 0. The minimum Gasteiger partial charge on any atom is -0.380 e. The molecule has 1 aromatic heterocycles. The van der Waals surface area contributed by atoms with E-state index in [2.05, 4.69) is 20.2 Å². The maximum Gasteiger partial charge on any atom is 0.410 e. The lowest BCUT2D eigenvalue weighted by Gasteiger charge is -2.44. The predicted octanol–water partition coefficient (Wildman–Crippen LogP) is 3.93. The third-order valence-electron chi connectivity index (χ3n) is 8.33. The molecule has 206 valence electrons. The van der Waals surface area contributed by atoms with Crippen LogP contribution in [-0.4, -0.2) is 89.9 Å². The number of ether oxygens (including phenoxy) is 1. The van der Waals surface area contributed by atoms with Crippen molar-refractivity contribution in [1.82, 2.24) is 25.1 Å². The molecule has 8 nitrogen and oxygen atoms in total. The largest absolute Gasteiger partial charge is 0.410 e. The first-order valence-corrected chi connectivity index (χ1v) is 13.2. The Morgan fingerprint density at radius 3 is 2.53 bits per heavy atom. The SMILES string of the molecule is COCc1ccc(-c2ccnc(N3CCN(C(=O)NC4(C)CCN5CCC4CC5)CC3C(F)(F)F)n2)cc1. The van der Waals surface area contributed by atoms with E-state index < -0.39 is 30.3 Å². The quantitative estimate of drug-likeness (QED) is 0.629. The lowest BCUT2D eigenvalue weighted by atomic mass is 9.79. The molecule has 4 aliphatic heterocycles. The number of benzene rings is 1. The van der Waals surface area contributed by atoms with Gasteiger partial charge in [0.15, 0.2) is 0 Å². The number of fused-ring (bicyclic) bond motifs is 4. The number of methoxy groups -OCH3 is 1. The number of rotatable bonds is 5. The molecule has 1 aromatic carbocycles. The van der Waals surface area contributed by atoms with Crippen LogP contribution in [0.15, 0.2) is 36.5 Å². The average Bonchev–Trinajstić information content (AvgIpc) is 3.16. The molecular formula is C27H35F3N6O2. The van der Waals surface area contributed by atoms with Crippen LogP contribution in [0.1, 0.15) is 31.7 Å². The molecule has 2 unspecified atom stereocenters. The second-order valence-electron chi connectivity index (χ2n) is 10.8. The van der Waals surface area contributed by atoms with Crippen LogP contribution in [-0.2, 0) is 11.3 Å². The minimum atomic E-state index is -4.56. The zero-order valence-corrected chi connectivity index (χ0v) is 21.9. The molecule has 2 aromatic rings. The number of piperidine rings is 1. The minimum absolute atomic E-state index is 0.00706. The van der Waals surface area contributed by atoms with Gasteiger partial charge in [0.1, 0.15) is 6.04 Å². The van der Waals surface area contributed by atoms with Crippen molar-refractivity contribution >= 4 is 12.0 Å². The van der Waals surface area contributed by atoms with E-state index in [0.29, 0.717) is 18.2 Å². The summed E-state index contributed by atoms with van der Waals surface area (Å²) in [4.78, 5) is 26.8. The Hall–Kier alpha value is -2.92. The van der Waals surface area contributed by atoms with Crippen LogP contribution in [0.5, 0.6) is 0 Å². The van der Waals surface area contributed by atoms with Gasteiger partial charge in [-0.15, -0.1) is 0 Å². The summed E-state index contributed by atoms with van der Waals surface area (Å²) in [5.41, 5.74) is 1.88. The third kappa shape index (κ3) is 5.58. The molecule has 0 aliphatic carbocycles. The number of alkyl halides is 3. The molecule has 2 bridgehead atoms. The van der Waals surface area contributed by atoms with Gasteiger partial charge in [-0.3, -0.25) is 0 Å². The van der Waals surface area contributed by atoms with Crippen molar-refractivity contribution in [1.29, 1.82) is 0 Å². The van der Waals surface area contributed by atoms with Crippen LogP contribution < -0.4 is 10.2 Å². The number of carbonyl (C=O) groups excluding carboxylic acids is 1. The van der Waals surface area contributed by atoms with Gasteiger partial charge >= 0.3 is 12.2 Å². The molecule has 38 heavy (non-hydrogen) atoms. The fourth-order valence-electron chi connectivity index (χ4n) is 5.95. The molecule has 11 heteroatoms. The highest BCUT2D eigenvalue weighted by molar-refractivity contribution is 5.75. The summed E-state index contributed by atoms with van der Waals surface area (Å²) < 4.78 is 48.0. The summed E-state index contributed by atoms with van der Waals surface area (Å²) in [7, 11) is 1.62. The van der Waals surface area contributed by atoms with E-state index in [-0.39, 0.29) is 19.0 Å². The van der Waals surface area contributed by atoms with E-state index in [0.717, 1.165) is 50.0 Å². The normalized spacial score (nSPS) is 27.8. The van der Waals surface area contributed by atoms with Crippen molar-refractivity contribution in [2.45, 2.75) is 50.6 Å². The lowest BCUT2D eigenvalue weighted by molar-refractivity contribution is -0.154. The van der Waals surface area contributed by atoms with Crippen LogP contribution in [0.4, 0.5) is 23.9 Å². The highest BCUT2D eigenvalue weighted by Crippen LogP contribution is 2.36. The maximum atomic E-state index is 14.3. The van der Waals surface area contributed by atoms with Gasteiger partial charge < -0.3 is 24.8 Å². The van der Waals surface area contributed by atoms with E-state index in [1.807, 2.05) is 31.2 Å². The summed E-state index contributed by atoms with van der Waals surface area (Å²) in [6, 6.07) is 6.88. The standard InChI is InChI=1S/C27H35F3N6O2/c1-26(10-14-34-12-8-21(26)9-13-34)33-25(37)35-15-16-36(23(17-35)27(28,29)30)24-31-11-7-22(32-24)20-5-3-19(4-6-20)18-38-2/h3-7,11,21,23H,8-10,12-18H2,1-2H3,(H,33,37). The van der Waals surface area contributed by atoms with Gasteiger partial charge in [0.05, 0.1) is 18.8 Å². The first kappa shape index (κ1) is 26.7. The first-order chi connectivity index (χ1) is 18.2. The van der Waals surface area contributed by atoms with Crippen molar-refractivity contribution < 1.29 is 22.7 Å². The van der Waals surface area contributed by atoms with Gasteiger partial charge in [-0.1, -0.05) is 24.3 Å². The van der Waals surface area contributed by atoms with Gasteiger partial charge in [-0.25, -0.2) is 14.8 Å². The zero-order chi connectivity index (χ0) is 26.9. The highest BCUT2D eigenvalue weighted by atomic mass is 19.4. The van der Waals surface area contributed by atoms with E-state index in [4.69, 9.17) is 4.74 Å². The Labute approximate surface area is 221 Å². The number of nitrogens with one attached hydrogen (secondary N) is 1. The fourth-order valence-corrected chi connectivity index (χ4v) is 5.95. The van der Waals surface area contributed by atoms with Crippen LogP contribution in [0, 0.1) is 5.92 Å². The zero-order valence-electron chi connectivity index (χ0n) is 21.9. The summed E-state index contributed by atoms with van der Waals surface area (Å²) in [6.45, 7) is 5.12. The number of nitrogens with zero attached hydrogens (tertiary/aromatic N) is 5. The second-order valence-corrected chi connectivity index (χ2v) is 10.8. The van der Waals surface area contributed by atoms with Crippen LogP contribution >= 0.6 is 0 Å². The average molecular weight is 533 g/mol. The number of urea groups is 1. The Morgan fingerprint density at radius 2 is 1.84 bits per heavy atom. The number of halogens is 3. The van der Waals surface area contributed by atoms with Crippen molar-refractivity contribution in [3.63, 3.8) is 0 Å². The molecule has 6 rings (SSSR count). The van der Waals surface area contributed by atoms with E-state index >= 15 is 0 Å². The molecule has 5 heterocycles. The number of hydrogen-bond donors (Lipinski definition) is 1. The van der Waals surface area contributed by atoms with E-state index in [1.165, 1.54) is 16.0 Å². The van der Waals surface area contributed by atoms with E-state index in [9.17, 15) is 18.0 Å². The van der Waals surface area contributed by atoms with Gasteiger partial charge in [0.25, 0.3) is 0 Å². The summed E-state index contributed by atoms with van der Waals surface area (Å²) in [5, 5.41) is 3.14. The number of aromatic nitrogens is 2. The van der Waals surface area contributed by atoms with Crippen LogP contribution in [0.3, 0.4) is 0 Å². The van der Waals surface area contributed by atoms with Crippen molar-refractivity contribution in [2.24, 2.45) is 5.92 Å². The number of piperazine rings is 1. The predicted molar refractivity (Wildman–Crippen MR) is 138 cm³/mol. The molecule has 4 aliphatic rings. The van der Waals surface area contributed by atoms with Gasteiger partial charge in [0.2, 0.25) is 5.95 Å². The van der Waals surface area contributed by atoms with Crippen LogP contribution in [0.2, 0.25) is 0 Å². The molecule has 0 radical (unpaired) electrons. The number of amides is 2. The molecular weight excluding hydrogens is 497 g/mol. The van der Waals surface area contributed by atoms with Crippen molar-refractivity contribution in [3.05, 3.63) is 42.1 Å². The van der Waals surface area contributed by atoms with E-state index in [1.54, 1.807) is 13.2 Å². The summed E-state index contributed by atoms with van der Waals surface area (Å²) in [5.74, 6) is 0.345. The molecule has 0 spiro atoms.